The minimum absolute atomic E-state index is 0.366. The molecule has 1 heterocycles. The largest absolute Gasteiger partial charge is 0.381 e. The molecule has 0 aromatic rings. The number of ether oxygens (including phenoxy) is 1. The van der Waals surface area contributed by atoms with Gasteiger partial charge in [0.1, 0.15) is 0 Å². The van der Waals surface area contributed by atoms with E-state index in [0.717, 1.165) is 13.2 Å². The molecule has 3 rings (SSSR count). The first kappa shape index (κ1) is 10.1. The second-order valence-electron chi connectivity index (χ2n) is 4.94. The molecule has 0 radical (unpaired) electrons. The minimum Gasteiger partial charge on any atom is -0.381 e. The molecule has 16 heavy (non-hydrogen) atoms. The molecular weight excluding hydrogens is 196 g/mol. The van der Waals surface area contributed by atoms with Crippen molar-refractivity contribution in [1.29, 1.82) is 0 Å². The summed E-state index contributed by atoms with van der Waals surface area (Å²) in [6.07, 6.45) is 20.5. The van der Waals surface area contributed by atoms with Crippen molar-refractivity contribution in [2.75, 3.05) is 13.2 Å². The van der Waals surface area contributed by atoms with E-state index in [1.54, 1.807) is 0 Å². The number of hydrogen-bond acceptors (Lipinski definition) is 1. The lowest BCUT2D eigenvalue weighted by atomic mass is 9.62. The van der Waals surface area contributed by atoms with E-state index in [2.05, 4.69) is 48.6 Å². The van der Waals surface area contributed by atoms with Crippen molar-refractivity contribution in [2.24, 2.45) is 17.3 Å². The SMILES string of the molecule is C1=CC(C2(C3C=CC=C3)CCOCC2)C=C1. The molecule has 84 valence electrons. The van der Waals surface area contributed by atoms with Crippen LogP contribution in [-0.2, 0) is 4.74 Å². The molecule has 2 aliphatic carbocycles. The molecule has 0 bridgehead atoms. The molecule has 1 heteroatoms. The van der Waals surface area contributed by atoms with Gasteiger partial charge in [0.05, 0.1) is 0 Å². The van der Waals surface area contributed by atoms with Gasteiger partial charge in [-0.2, -0.15) is 0 Å². The van der Waals surface area contributed by atoms with E-state index >= 15 is 0 Å². The summed E-state index contributed by atoms with van der Waals surface area (Å²) in [5, 5.41) is 0. The summed E-state index contributed by atoms with van der Waals surface area (Å²) in [5.74, 6) is 1.18. The average molecular weight is 214 g/mol. The van der Waals surface area contributed by atoms with E-state index in [4.69, 9.17) is 4.74 Å². The van der Waals surface area contributed by atoms with Crippen LogP contribution in [0.5, 0.6) is 0 Å². The summed E-state index contributed by atoms with van der Waals surface area (Å²) >= 11 is 0. The Morgan fingerprint density at radius 3 is 1.62 bits per heavy atom. The van der Waals surface area contributed by atoms with Crippen LogP contribution in [0.1, 0.15) is 12.8 Å². The Labute approximate surface area is 97.2 Å². The Morgan fingerprint density at radius 1 is 0.750 bits per heavy atom. The predicted octanol–water partition coefficient (Wildman–Crippen LogP) is 3.27. The van der Waals surface area contributed by atoms with Gasteiger partial charge in [-0.15, -0.1) is 0 Å². The average Bonchev–Trinajstić information content (AvgIpc) is 3.04. The number of allylic oxidation sites excluding steroid dienone is 8. The quantitative estimate of drug-likeness (QED) is 0.685. The van der Waals surface area contributed by atoms with Crippen LogP contribution >= 0.6 is 0 Å². The van der Waals surface area contributed by atoms with E-state index in [9.17, 15) is 0 Å². The van der Waals surface area contributed by atoms with Gasteiger partial charge in [0.2, 0.25) is 0 Å². The lowest BCUT2D eigenvalue weighted by Gasteiger charge is -2.44. The van der Waals surface area contributed by atoms with Crippen LogP contribution in [0.2, 0.25) is 0 Å². The standard InChI is InChI=1S/C15H18O/c1-2-6-13(5-1)15(9-11-16-12-10-15)14-7-3-4-8-14/h1-8,13-14H,9-12H2. The van der Waals surface area contributed by atoms with Crippen LogP contribution in [-0.4, -0.2) is 13.2 Å². The third-order valence-electron chi connectivity index (χ3n) is 4.25. The van der Waals surface area contributed by atoms with E-state index in [1.807, 2.05) is 0 Å². The molecule has 1 saturated heterocycles. The highest BCUT2D eigenvalue weighted by Crippen LogP contribution is 2.49. The number of hydrogen-bond donors (Lipinski definition) is 0. The first-order chi connectivity index (χ1) is 7.92. The smallest absolute Gasteiger partial charge is 0.0472 e. The van der Waals surface area contributed by atoms with Crippen LogP contribution in [0, 0.1) is 17.3 Å². The van der Waals surface area contributed by atoms with E-state index in [0.29, 0.717) is 17.3 Å². The summed E-state index contributed by atoms with van der Waals surface area (Å²) < 4.78 is 5.55. The van der Waals surface area contributed by atoms with Gasteiger partial charge in [-0.1, -0.05) is 48.6 Å². The maximum absolute atomic E-state index is 5.55. The fraction of sp³-hybridized carbons (Fsp3) is 0.467. The van der Waals surface area contributed by atoms with Gasteiger partial charge in [0, 0.05) is 25.0 Å². The maximum atomic E-state index is 5.55. The second-order valence-corrected chi connectivity index (χ2v) is 4.94. The highest BCUT2D eigenvalue weighted by Gasteiger charge is 2.43. The third-order valence-corrected chi connectivity index (χ3v) is 4.25. The summed E-state index contributed by atoms with van der Waals surface area (Å²) in [6, 6.07) is 0. The predicted molar refractivity (Wildman–Crippen MR) is 66.0 cm³/mol. The lowest BCUT2D eigenvalue weighted by molar-refractivity contribution is -0.0120. The van der Waals surface area contributed by atoms with Gasteiger partial charge in [-0.05, 0) is 18.3 Å². The molecule has 0 spiro atoms. The molecule has 0 N–H and O–H groups in total. The molecule has 0 atom stereocenters. The van der Waals surface area contributed by atoms with Crippen LogP contribution < -0.4 is 0 Å². The van der Waals surface area contributed by atoms with Crippen LogP contribution in [0.4, 0.5) is 0 Å². The summed E-state index contributed by atoms with van der Waals surface area (Å²) in [5.41, 5.74) is 0.366. The molecule has 3 aliphatic rings. The summed E-state index contributed by atoms with van der Waals surface area (Å²) in [7, 11) is 0. The van der Waals surface area contributed by atoms with Crippen molar-refractivity contribution in [1.82, 2.24) is 0 Å². The van der Waals surface area contributed by atoms with Gasteiger partial charge in [0.15, 0.2) is 0 Å². The van der Waals surface area contributed by atoms with Gasteiger partial charge < -0.3 is 4.74 Å². The fourth-order valence-corrected chi connectivity index (χ4v) is 3.27. The molecule has 0 aromatic carbocycles. The molecule has 1 aliphatic heterocycles. The lowest BCUT2D eigenvalue weighted by Crippen LogP contribution is -2.39. The monoisotopic (exact) mass is 214 g/mol. The first-order valence-electron chi connectivity index (χ1n) is 6.20. The normalized spacial score (nSPS) is 28.2. The molecular formula is C15H18O. The van der Waals surface area contributed by atoms with Gasteiger partial charge in [0.25, 0.3) is 0 Å². The highest BCUT2D eigenvalue weighted by atomic mass is 16.5. The number of rotatable bonds is 2. The minimum atomic E-state index is 0.366. The van der Waals surface area contributed by atoms with Crippen molar-refractivity contribution in [3.05, 3.63) is 48.6 Å². The molecule has 1 fully saturated rings. The van der Waals surface area contributed by atoms with Crippen molar-refractivity contribution >= 4 is 0 Å². The summed E-state index contributed by atoms with van der Waals surface area (Å²) in [6.45, 7) is 1.83. The van der Waals surface area contributed by atoms with Crippen LogP contribution in [0.25, 0.3) is 0 Å². The van der Waals surface area contributed by atoms with Crippen molar-refractivity contribution in [3.63, 3.8) is 0 Å². The van der Waals surface area contributed by atoms with Gasteiger partial charge in [-0.25, -0.2) is 0 Å². The molecule has 0 saturated carbocycles. The zero-order valence-corrected chi connectivity index (χ0v) is 9.51. The van der Waals surface area contributed by atoms with E-state index < -0.39 is 0 Å². The third kappa shape index (κ3) is 1.51. The maximum Gasteiger partial charge on any atom is 0.0472 e. The van der Waals surface area contributed by atoms with Crippen LogP contribution in [0.3, 0.4) is 0 Å². The van der Waals surface area contributed by atoms with Crippen molar-refractivity contribution < 1.29 is 4.74 Å². The zero-order valence-electron chi connectivity index (χ0n) is 9.51. The van der Waals surface area contributed by atoms with Crippen molar-refractivity contribution in [2.45, 2.75) is 12.8 Å². The Bertz CT molecular complexity index is 313. The second kappa shape index (κ2) is 4.06. The van der Waals surface area contributed by atoms with E-state index in [-0.39, 0.29) is 0 Å². The van der Waals surface area contributed by atoms with Crippen LogP contribution in [0.15, 0.2) is 48.6 Å². The molecule has 0 amide bonds. The Balaban J connectivity index is 1.92. The van der Waals surface area contributed by atoms with E-state index in [1.165, 1.54) is 12.8 Å². The molecule has 0 unspecified atom stereocenters. The van der Waals surface area contributed by atoms with Gasteiger partial charge >= 0.3 is 0 Å². The van der Waals surface area contributed by atoms with Crippen molar-refractivity contribution in [3.8, 4) is 0 Å². The highest BCUT2D eigenvalue weighted by molar-refractivity contribution is 5.28. The topological polar surface area (TPSA) is 9.23 Å². The summed E-state index contributed by atoms with van der Waals surface area (Å²) in [4.78, 5) is 0. The fourth-order valence-electron chi connectivity index (χ4n) is 3.27. The molecule has 1 nitrogen and oxygen atoms in total. The zero-order chi connectivity index (χ0) is 10.8. The Morgan fingerprint density at radius 2 is 1.19 bits per heavy atom. The first-order valence-corrected chi connectivity index (χ1v) is 6.20. The van der Waals surface area contributed by atoms with Gasteiger partial charge in [-0.3, -0.25) is 0 Å². The molecule has 0 aromatic heterocycles. The Hall–Kier alpha value is -1.08. The Kier molecular flexibility index (Phi) is 2.56.